The molecular weight excluding hydrogens is 332 g/mol. The van der Waals surface area contributed by atoms with Gasteiger partial charge in [-0.1, -0.05) is 24.3 Å². The number of amides is 4. The second-order valence-electron chi connectivity index (χ2n) is 7.09. The lowest BCUT2D eigenvalue weighted by Crippen LogP contribution is -2.37. The number of hydrogen-bond acceptors (Lipinski definition) is 4. The van der Waals surface area contributed by atoms with Gasteiger partial charge in [-0.05, 0) is 37.1 Å². The van der Waals surface area contributed by atoms with Crippen molar-refractivity contribution in [1.82, 2.24) is 20.0 Å². The Morgan fingerprint density at radius 1 is 1.15 bits per heavy atom. The molecule has 7 heteroatoms. The summed E-state index contributed by atoms with van der Waals surface area (Å²) in [7, 11) is 2.98. The van der Waals surface area contributed by atoms with E-state index in [9.17, 15) is 14.4 Å². The van der Waals surface area contributed by atoms with Crippen LogP contribution >= 0.6 is 0 Å². The first-order chi connectivity index (χ1) is 12.5. The number of imide groups is 1. The Bertz CT molecular complexity index is 700. The number of urea groups is 1. The topological polar surface area (TPSA) is 73.0 Å². The summed E-state index contributed by atoms with van der Waals surface area (Å²) in [4.78, 5) is 40.8. The van der Waals surface area contributed by atoms with Gasteiger partial charge in [0.15, 0.2) is 0 Å². The lowest BCUT2D eigenvalue weighted by Gasteiger charge is -2.16. The molecule has 4 amide bonds. The Morgan fingerprint density at radius 3 is 2.50 bits per heavy atom. The maximum absolute atomic E-state index is 12.2. The van der Waals surface area contributed by atoms with Crippen molar-refractivity contribution >= 4 is 17.8 Å². The van der Waals surface area contributed by atoms with Crippen LogP contribution in [0.5, 0.6) is 0 Å². The van der Waals surface area contributed by atoms with Crippen LogP contribution in [0.15, 0.2) is 24.3 Å². The standard InChI is InChI=1S/C19H26N4O3/c1-21-16(18(25)22(2)19(21)26)11-17(24)20-12-14-6-5-7-15(10-14)13-23-8-3-4-9-23/h5-7,10,16H,3-4,8-9,11-13H2,1-2H3,(H,20,24)/t16-/m0/s1. The molecule has 2 heterocycles. The molecule has 0 saturated carbocycles. The fourth-order valence-electron chi connectivity index (χ4n) is 3.56. The predicted octanol–water partition coefficient (Wildman–Crippen LogP) is 1.18. The Balaban J connectivity index is 1.51. The van der Waals surface area contributed by atoms with Gasteiger partial charge in [0.25, 0.3) is 5.91 Å². The van der Waals surface area contributed by atoms with E-state index < -0.39 is 6.04 Å². The van der Waals surface area contributed by atoms with Crippen LogP contribution in [0.1, 0.15) is 30.4 Å². The molecule has 7 nitrogen and oxygen atoms in total. The van der Waals surface area contributed by atoms with E-state index in [2.05, 4.69) is 22.3 Å². The second-order valence-corrected chi connectivity index (χ2v) is 7.09. The molecule has 0 radical (unpaired) electrons. The van der Waals surface area contributed by atoms with Crippen LogP contribution in [0.2, 0.25) is 0 Å². The largest absolute Gasteiger partial charge is 0.352 e. The summed E-state index contributed by atoms with van der Waals surface area (Å²) in [6.07, 6.45) is 2.52. The highest BCUT2D eigenvalue weighted by molar-refractivity contribution is 6.05. The Labute approximate surface area is 153 Å². The average Bonchev–Trinajstić information content (AvgIpc) is 3.20. The van der Waals surface area contributed by atoms with Gasteiger partial charge >= 0.3 is 6.03 Å². The third-order valence-electron chi connectivity index (χ3n) is 5.14. The summed E-state index contributed by atoms with van der Waals surface area (Å²) in [5.74, 6) is -0.566. The Morgan fingerprint density at radius 2 is 1.85 bits per heavy atom. The quantitative estimate of drug-likeness (QED) is 0.775. The van der Waals surface area contributed by atoms with Gasteiger partial charge in [0, 0.05) is 27.2 Å². The minimum absolute atomic E-state index is 0.0150. The molecule has 26 heavy (non-hydrogen) atoms. The van der Waals surface area contributed by atoms with Gasteiger partial charge in [-0.25, -0.2) is 4.79 Å². The van der Waals surface area contributed by atoms with Crippen LogP contribution in [0.4, 0.5) is 4.79 Å². The highest BCUT2D eigenvalue weighted by Gasteiger charge is 2.41. The van der Waals surface area contributed by atoms with Crippen LogP contribution < -0.4 is 5.32 Å². The van der Waals surface area contributed by atoms with Crippen LogP contribution in [0, 0.1) is 0 Å². The van der Waals surface area contributed by atoms with E-state index in [-0.39, 0.29) is 24.3 Å². The highest BCUT2D eigenvalue weighted by atomic mass is 16.2. The smallest absolute Gasteiger partial charge is 0.326 e. The molecule has 2 aliphatic rings. The van der Waals surface area contributed by atoms with Gasteiger partial charge in [-0.2, -0.15) is 0 Å². The zero-order chi connectivity index (χ0) is 18.7. The second kappa shape index (κ2) is 7.86. The number of hydrogen-bond donors (Lipinski definition) is 1. The fourth-order valence-corrected chi connectivity index (χ4v) is 3.56. The van der Waals surface area contributed by atoms with Crippen LogP contribution in [0.3, 0.4) is 0 Å². The maximum Gasteiger partial charge on any atom is 0.326 e. The number of rotatable bonds is 6. The molecule has 2 fully saturated rings. The lowest BCUT2D eigenvalue weighted by atomic mass is 10.1. The average molecular weight is 358 g/mol. The SMILES string of the molecule is CN1C(=O)[C@H](CC(=O)NCc2cccc(CN3CCCC3)c2)N(C)C1=O. The van der Waals surface area contributed by atoms with Crippen LogP contribution in [0.25, 0.3) is 0 Å². The van der Waals surface area contributed by atoms with Gasteiger partial charge in [-0.3, -0.25) is 19.4 Å². The van der Waals surface area contributed by atoms with Gasteiger partial charge < -0.3 is 10.2 Å². The van der Waals surface area contributed by atoms with Crippen molar-refractivity contribution in [2.75, 3.05) is 27.2 Å². The summed E-state index contributed by atoms with van der Waals surface area (Å²) in [6, 6.07) is 7.13. The van der Waals surface area contributed by atoms with Crippen molar-refractivity contribution < 1.29 is 14.4 Å². The molecule has 1 aromatic rings. The van der Waals surface area contributed by atoms with E-state index in [4.69, 9.17) is 0 Å². The molecule has 2 aliphatic heterocycles. The molecule has 0 unspecified atom stereocenters. The number of likely N-dealkylation sites (N-methyl/N-ethyl adjacent to an activating group) is 2. The number of nitrogens with zero attached hydrogens (tertiary/aromatic N) is 3. The number of likely N-dealkylation sites (tertiary alicyclic amines) is 1. The lowest BCUT2D eigenvalue weighted by molar-refractivity contribution is -0.131. The van der Waals surface area contributed by atoms with Gasteiger partial charge in [0.05, 0.1) is 6.42 Å². The van der Waals surface area contributed by atoms with Crippen LogP contribution in [-0.2, 0) is 22.7 Å². The molecule has 0 bridgehead atoms. The minimum atomic E-state index is -0.714. The molecular formula is C19H26N4O3. The predicted molar refractivity (Wildman–Crippen MR) is 97.1 cm³/mol. The molecule has 0 aliphatic carbocycles. The monoisotopic (exact) mass is 358 g/mol. The first kappa shape index (κ1) is 18.4. The van der Waals surface area contributed by atoms with Crippen molar-refractivity contribution in [2.24, 2.45) is 0 Å². The van der Waals surface area contributed by atoms with E-state index in [1.54, 1.807) is 7.05 Å². The van der Waals surface area contributed by atoms with Crippen molar-refractivity contribution in [3.05, 3.63) is 35.4 Å². The van der Waals surface area contributed by atoms with Gasteiger partial charge in [-0.15, -0.1) is 0 Å². The zero-order valence-electron chi connectivity index (χ0n) is 15.4. The van der Waals surface area contributed by atoms with E-state index in [0.29, 0.717) is 6.54 Å². The molecule has 140 valence electrons. The molecule has 2 saturated heterocycles. The minimum Gasteiger partial charge on any atom is -0.352 e. The third kappa shape index (κ3) is 4.04. The normalized spacial score (nSPS) is 20.9. The van der Waals surface area contributed by atoms with E-state index >= 15 is 0 Å². The fraction of sp³-hybridized carbons (Fsp3) is 0.526. The van der Waals surface area contributed by atoms with E-state index in [1.807, 2.05) is 12.1 Å². The van der Waals surface area contributed by atoms with Crippen molar-refractivity contribution in [2.45, 2.75) is 38.4 Å². The number of carbonyl (C=O) groups excluding carboxylic acids is 3. The van der Waals surface area contributed by atoms with Crippen molar-refractivity contribution in [1.29, 1.82) is 0 Å². The van der Waals surface area contributed by atoms with Gasteiger partial charge in [0.2, 0.25) is 5.91 Å². The summed E-state index contributed by atoms with van der Waals surface area (Å²) >= 11 is 0. The number of carbonyl (C=O) groups is 3. The van der Waals surface area contributed by atoms with Gasteiger partial charge in [0.1, 0.15) is 6.04 Å². The van der Waals surface area contributed by atoms with Crippen LogP contribution in [-0.4, -0.2) is 65.8 Å². The Hall–Kier alpha value is -2.41. The third-order valence-corrected chi connectivity index (χ3v) is 5.14. The molecule has 1 aromatic carbocycles. The van der Waals surface area contributed by atoms with E-state index in [0.717, 1.165) is 30.1 Å². The summed E-state index contributed by atoms with van der Waals surface area (Å²) in [5, 5.41) is 2.86. The van der Waals surface area contributed by atoms with Crippen molar-refractivity contribution in [3.8, 4) is 0 Å². The summed E-state index contributed by atoms with van der Waals surface area (Å²) in [6.45, 7) is 3.66. The first-order valence-corrected chi connectivity index (χ1v) is 9.07. The maximum atomic E-state index is 12.2. The molecule has 1 atom stereocenters. The molecule has 0 spiro atoms. The first-order valence-electron chi connectivity index (χ1n) is 9.07. The number of nitrogens with one attached hydrogen (secondary N) is 1. The van der Waals surface area contributed by atoms with Crippen molar-refractivity contribution in [3.63, 3.8) is 0 Å². The zero-order valence-corrected chi connectivity index (χ0v) is 15.4. The number of benzene rings is 1. The summed E-state index contributed by atoms with van der Waals surface area (Å²) < 4.78 is 0. The highest BCUT2D eigenvalue weighted by Crippen LogP contribution is 2.17. The molecule has 3 rings (SSSR count). The molecule has 0 aromatic heterocycles. The summed E-state index contributed by atoms with van der Waals surface area (Å²) in [5.41, 5.74) is 2.28. The Kier molecular flexibility index (Phi) is 5.56. The van der Waals surface area contributed by atoms with E-state index in [1.165, 1.54) is 30.4 Å². The molecule has 1 N–H and O–H groups in total.